The van der Waals surface area contributed by atoms with Gasteiger partial charge in [0.25, 0.3) is 0 Å². The van der Waals surface area contributed by atoms with Crippen molar-refractivity contribution in [3.63, 3.8) is 0 Å². The van der Waals surface area contributed by atoms with Crippen LogP contribution in [0.3, 0.4) is 0 Å². The number of aliphatic hydroxyl groups is 1. The number of nitrogens with one attached hydrogen (secondary N) is 1. The Balaban J connectivity index is 0.000000298. The number of likely N-dealkylation sites (N-methyl/N-ethyl adjacent to an activating group) is 1. The van der Waals surface area contributed by atoms with Crippen LogP contribution in [0.4, 0.5) is 4.39 Å². The molecule has 20 heteroatoms. The molecule has 9 rings (SSSR count). The van der Waals surface area contributed by atoms with Crippen molar-refractivity contribution in [1.82, 2.24) is 15.1 Å². The maximum atomic E-state index is 13.3. The Bertz CT molecular complexity index is 4090. The smallest absolute Gasteiger partial charge is 0.144 e. The number of hydrogen-bond donors (Lipinski definition) is 4. The van der Waals surface area contributed by atoms with E-state index in [4.69, 9.17) is 92.7 Å². The lowest BCUT2D eigenvalue weighted by molar-refractivity contribution is -0.124. The molecule has 0 amide bonds. The summed E-state index contributed by atoms with van der Waals surface area (Å²) in [4.78, 5) is 78.2. The molecular weight excluding hydrogens is 1610 g/mol. The topological polar surface area (TPSA) is 193 Å². The molecule has 2 fully saturated rings. The maximum Gasteiger partial charge on any atom is 0.144 e. The zero-order valence-electron chi connectivity index (χ0n) is 71.9. The molecule has 1 heterocycles. The Morgan fingerprint density at radius 1 is 0.436 bits per heavy atom. The van der Waals surface area contributed by atoms with Gasteiger partial charge in [0.05, 0.1) is 45.7 Å². The molecule has 1 aliphatic heterocycles. The third-order valence-electron chi connectivity index (χ3n) is 21.9. The van der Waals surface area contributed by atoms with Gasteiger partial charge in [-0.1, -0.05) is 294 Å². The number of Topliss-reactive ketones (excluding diaryl/α,β-unsaturated/α-hetero) is 6. The van der Waals surface area contributed by atoms with Crippen molar-refractivity contribution in [3.8, 4) is 0 Å². The normalized spacial score (nSPS) is 16.8. The van der Waals surface area contributed by atoms with Crippen LogP contribution >= 0.6 is 81.2 Å². The van der Waals surface area contributed by atoms with E-state index in [1.165, 1.54) is 32.1 Å². The number of carbonyl (C=O) groups excluding carboxylic acids is 6. The molecule has 6 N–H and O–H groups in total. The molecule has 2 aliphatic rings. The number of halogens is 8. The second kappa shape index (κ2) is 53.2. The van der Waals surface area contributed by atoms with Gasteiger partial charge in [-0.15, -0.1) is 0 Å². The van der Waals surface area contributed by atoms with E-state index in [2.05, 4.69) is 38.0 Å². The number of nitrogens with two attached hydrogens (primary N) is 2. The van der Waals surface area contributed by atoms with E-state index >= 15 is 0 Å². The highest BCUT2D eigenvalue weighted by molar-refractivity contribution is 6.42. The summed E-state index contributed by atoms with van der Waals surface area (Å²) in [7, 11) is 2.06. The largest absolute Gasteiger partial charge is 0.387 e. The van der Waals surface area contributed by atoms with Crippen molar-refractivity contribution in [3.05, 3.63) is 244 Å². The molecule has 1 aliphatic carbocycles. The number of aliphatic hydroxyl groups excluding tert-OH is 1. The van der Waals surface area contributed by atoms with Crippen LogP contribution in [-0.2, 0) is 28.8 Å². The van der Waals surface area contributed by atoms with Crippen LogP contribution in [0.2, 0.25) is 35.2 Å². The van der Waals surface area contributed by atoms with Gasteiger partial charge in [0.15, 0.2) is 0 Å². The number of nitrogens with zero attached hydrogens (tertiary/aromatic N) is 2. The molecule has 117 heavy (non-hydrogen) atoms. The minimum atomic E-state index is -0.755. The minimum absolute atomic E-state index is 0.00854. The molecule has 7 aromatic rings. The molecule has 0 radical (unpaired) electrons. The van der Waals surface area contributed by atoms with Crippen molar-refractivity contribution < 1.29 is 38.3 Å². The summed E-state index contributed by atoms with van der Waals surface area (Å²) in [5.74, 6) is 2.06. The highest BCUT2D eigenvalue weighted by Crippen LogP contribution is 2.37. The fourth-order valence-corrected chi connectivity index (χ4v) is 15.0. The second-order valence-corrected chi connectivity index (χ2v) is 36.5. The van der Waals surface area contributed by atoms with E-state index in [-0.39, 0.29) is 113 Å². The predicted molar refractivity (Wildman–Crippen MR) is 490 cm³/mol. The first-order valence-electron chi connectivity index (χ1n) is 41.6. The molecule has 642 valence electrons. The van der Waals surface area contributed by atoms with Gasteiger partial charge in [0.1, 0.15) is 40.9 Å². The quantitative estimate of drug-likeness (QED) is 0.0305. The standard InChI is InChI=1S/C21H26ClNO2.C20H29ClO.C16H21ClFNO.C16H24ClNO.C12H15Cl2NO.C12H16ClNO/c1-14(2)20(24)19(16-9-11-18(22)12-10-16)13-23-15(3)21(25)17-7-5-4-6-8-17;1-14(2)20(22)19(17-9-11-18(21)12-10-17)13-8-16-6-4-15(3)5-7-16;1-11(2)16(20)15(10-19-8-7-14(18)9-19)12-3-5-13(17)6-4-12;1-11(2)16(19)15(10-18(5)12(3)4)13-6-8-14(17)9-7-13;1-7(2)12(16)9(6-15)8-3-4-10(13)11(14)5-8;1-8(2)12(15)11(7-14)9-3-5-10(13)6-4-9/h4-12,14-15,19,21,23,25H,13H2,1-3H3;9-12,14-16,19H,4-8,13H2,1-3H3;3-6,11,14-15H,7-10H2,1-2H3;6-9,11-12,15H,10H2,1-5H3;3-5,7,9H,6,15H2,1-2H3;3-6,8,11H,7,14H2,1-2H3/t15-,19?,21-;;14-,15?;;9-;11-/m1.0.11/s1. The average Bonchev–Trinajstić information content (AvgIpc) is 1.83. The Morgan fingerprint density at radius 2 is 0.778 bits per heavy atom. The Kier molecular flexibility index (Phi) is 47.2. The lowest BCUT2D eigenvalue weighted by Crippen LogP contribution is -2.38. The van der Waals surface area contributed by atoms with Crippen LogP contribution in [0.25, 0.3) is 0 Å². The van der Waals surface area contributed by atoms with Gasteiger partial charge in [0.2, 0.25) is 0 Å². The number of hydrogen-bond acceptors (Lipinski definition) is 12. The molecule has 9 atom stereocenters. The van der Waals surface area contributed by atoms with Crippen molar-refractivity contribution in [1.29, 1.82) is 0 Å². The molecule has 1 saturated carbocycles. The Hall–Kier alpha value is -5.72. The van der Waals surface area contributed by atoms with Crippen LogP contribution < -0.4 is 16.8 Å². The number of benzene rings is 7. The third-order valence-corrected chi connectivity index (χ3v) is 23.9. The second-order valence-electron chi connectivity index (χ2n) is 33.5. The highest BCUT2D eigenvalue weighted by Gasteiger charge is 2.32. The first-order chi connectivity index (χ1) is 55.2. The van der Waals surface area contributed by atoms with Crippen molar-refractivity contribution in [2.45, 2.75) is 216 Å². The van der Waals surface area contributed by atoms with E-state index in [1.54, 1.807) is 54.6 Å². The van der Waals surface area contributed by atoms with Crippen LogP contribution in [0, 0.1) is 47.3 Å². The van der Waals surface area contributed by atoms with Gasteiger partial charge in [-0.05, 0) is 171 Å². The van der Waals surface area contributed by atoms with Crippen molar-refractivity contribution in [2.75, 3.05) is 52.9 Å². The SMILES string of the molecule is CC(C)C(=O)C(CN(C)C(C)C)c1ccc(Cl)cc1.CC(C)C(=O)C(CN1CC[C@H](F)C1)c1ccc(Cl)cc1.CC(C)C(=O)C(CN[C@H](C)[C@@H](O)c1ccccc1)c1ccc(Cl)cc1.CC(C)C(=O)[C@H](CN)c1ccc(Cl)c(Cl)c1.CC(C)C(=O)[C@H](CN)c1ccc(Cl)cc1.CC1CCC(CCC(C(=O)C(C)C)c2ccc(Cl)cc2)CC1. The number of rotatable bonds is 33. The number of ketones is 6. The lowest BCUT2D eigenvalue weighted by Gasteiger charge is -2.28. The monoisotopic (exact) mass is 1740 g/mol. The summed E-state index contributed by atoms with van der Waals surface area (Å²) >= 11 is 41.3. The summed E-state index contributed by atoms with van der Waals surface area (Å²) in [5, 5.41) is 18.2. The van der Waals surface area contributed by atoms with Gasteiger partial charge in [0, 0.05) is 124 Å². The van der Waals surface area contributed by atoms with Gasteiger partial charge in [-0.25, -0.2) is 4.39 Å². The lowest BCUT2D eigenvalue weighted by atomic mass is 9.77. The fraction of sp³-hybridized carbons (Fsp3) is 0.505. The molecule has 0 bridgehead atoms. The maximum absolute atomic E-state index is 13.3. The van der Waals surface area contributed by atoms with Gasteiger partial charge in [-0.3, -0.25) is 33.7 Å². The van der Waals surface area contributed by atoms with Gasteiger partial charge in [-0.2, -0.15) is 0 Å². The van der Waals surface area contributed by atoms with E-state index < -0.39 is 12.3 Å². The summed E-state index contributed by atoms with van der Waals surface area (Å²) in [6.45, 7) is 35.3. The van der Waals surface area contributed by atoms with Crippen LogP contribution in [-0.4, -0.2) is 121 Å². The molecule has 0 spiro atoms. The number of alkyl halides is 1. The van der Waals surface area contributed by atoms with Crippen LogP contribution in [0.5, 0.6) is 0 Å². The zero-order chi connectivity index (χ0) is 87.5. The number of carbonyl (C=O) groups is 6. The number of likely N-dealkylation sites (tertiary alicyclic amines) is 1. The van der Waals surface area contributed by atoms with E-state index in [0.717, 1.165) is 75.3 Å². The highest BCUT2D eigenvalue weighted by atomic mass is 35.5. The van der Waals surface area contributed by atoms with Crippen LogP contribution in [0.15, 0.2) is 170 Å². The van der Waals surface area contributed by atoms with Crippen LogP contribution in [0.1, 0.15) is 236 Å². The van der Waals surface area contributed by atoms with E-state index in [0.29, 0.717) is 74.6 Å². The third kappa shape index (κ3) is 35.7. The Labute approximate surface area is 735 Å². The summed E-state index contributed by atoms with van der Waals surface area (Å²) in [6.07, 6.45) is 6.74. The molecule has 12 nitrogen and oxygen atoms in total. The summed E-state index contributed by atoms with van der Waals surface area (Å²) in [6, 6.07) is 52.6. The molecule has 4 unspecified atom stereocenters. The molecular formula is C97H131Cl7FN5O7. The predicted octanol–water partition coefficient (Wildman–Crippen LogP) is 24.2. The van der Waals surface area contributed by atoms with Gasteiger partial charge >= 0.3 is 0 Å². The van der Waals surface area contributed by atoms with Crippen molar-refractivity contribution in [2.24, 2.45) is 58.8 Å². The Morgan fingerprint density at radius 3 is 1.15 bits per heavy atom. The molecule has 1 saturated heterocycles. The average molecular weight is 1750 g/mol. The molecule has 0 aromatic heterocycles. The summed E-state index contributed by atoms with van der Waals surface area (Å²) < 4.78 is 13.3. The fourth-order valence-electron chi connectivity index (χ4n) is 14.1. The summed E-state index contributed by atoms with van der Waals surface area (Å²) in [5.41, 5.74) is 18.0. The zero-order valence-corrected chi connectivity index (χ0v) is 77.2. The van der Waals surface area contributed by atoms with E-state index in [9.17, 15) is 38.3 Å². The van der Waals surface area contributed by atoms with Gasteiger partial charge < -0.3 is 26.8 Å². The van der Waals surface area contributed by atoms with E-state index in [1.807, 2.05) is 210 Å². The molecule has 7 aromatic carbocycles. The first kappa shape index (κ1) is 104. The first-order valence-corrected chi connectivity index (χ1v) is 44.2. The van der Waals surface area contributed by atoms with Crippen molar-refractivity contribution >= 4 is 116 Å². The minimum Gasteiger partial charge on any atom is -0.387 e.